The van der Waals surface area contributed by atoms with Crippen LogP contribution >= 0.6 is 0 Å². The lowest BCUT2D eigenvalue weighted by molar-refractivity contribution is -0.141. The lowest BCUT2D eigenvalue weighted by atomic mass is 9.73. The molecule has 2 heterocycles. The van der Waals surface area contributed by atoms with Crippen molar-refractivity contribution in [1.82, 2.24) is 4.90 Å². The van der Waals surface area contributed by atoms with E-state index in [0.29, 0.717) is 30.7 Å². The van der Waals surface area contributed by atoms with E-state index in [1.807, 2.05) is 0 Å². The highest BCUT2D eigenvalue weighted by atomic mass is 16.5. The summed E-state index contributed by atoms with van der Waals surface area (Å²) < 4.78 is 4.78. The Kier molecular flexibility index (Phi) is 3.33. The summed E-state index contributed by atoms with van der Waals surface area (Å²) >= 11 is 0. The SMILES string of the molecule is COC(=O)C[C@H]1C=C[C@H]2CCCCN3C(=O)C[C@H]1[C@@H]23. The van der Waals surface area contributed by atoms with Crippen molar-refractivity contribution in [2.24, 2.45) is 17.8 Å². The summed E-state index contributed by atoms with van der Waals surface area (Å²) in [5.74, 6) is 1.07. The van der Waals surface area contributed by atoms with Gasteiger partial charge >= 0.3 is 5.97 Å². The molecular formula is C15H21NO3. The van der Waals surface area contributed by atoms with E-state index >= 15 is 0 Å². The Morgan fingerprint density at radius 1 is 1.42 bits per heavy atom. The number of allylic oxidation sites excluding steroid dienone is 1. The van der Waals surface area contributed by atoms with E-state index in [1.165, 1.54) is 20.0 Å². The molecule has 0 unspecified atom stereocenters. The van der Waals surface area contributed by atoms with Gasteiger partial charge in [0.1, 0.15) is 0 Å². The zero-order valence-corrected chi connectivity index (χ0v) is 11.4. The molecule has 2 fully saturated rings. The van der Waals surface area contributed by atoms with Gasteiger partial charge in [0.15, 0.2) is 0 Å². The zero-order chi connectivity index (χ0) is 13.4. The van der Waals surface area contributed by atoms with Crippen molar-refractivity contribution in [3.05, 3.63) is 12.2 Å². The number of hydrogen-bond donors (Lipinski definition) is 0. The van der Waals surface area contributed by atoms with E-state index in [4.69, 9.17) is 4.74 Å². The van der Waals surface area contributed by atoms with Gasteiger partial charge in [-0.05, 0) is 30.6 Å². The number of hydrogen-bond acceptors (Lipinski definition) is 3. The van der Waals surface area contributed by atoms with Gasteiger partial charge in [-0.25, -0.2) is 0 Å². The Bertz CT molecular complexity index is 418. The van der Waals surface area contributed by atoms with Gasteiger partial charge in [0.05, 0.1) is 13.5 Å². The predicted molar refractivity (Wildman–Crippen MR) is 70.2 cm³/mol. The largest absolute Gasteiger partial charge is 0.469 e. The first-order valence-electron chi connectivity index (χ1n) is 7.25. The van der Waals surface area contributed by atoms with Crippen LogP contribution in [0.25, 0.3) is 0 Å². The number of methoxy groups -OCH3 is 1. The highest BCUT2D eigenvalue weighted by Gasteiger charge is 2.48. The van der Waals surface area contributed by atoms with Crippen LogP contribution in [-0.2, 0) is 14.3 Å². The molecule has 0 aromatic rings. The van der Waals surface area contributed by atoms with Gasteiger partial charge < -0.3 is 9.64 Å². The molecule has 0 aromatic carbocycles. The summed E-state index contributed by atoms with van der Waals surface area (Å²) in [6, 6.07) is 0.328. The third-order valence-electron chi connectivity index (χ3n) is 4.94. The summed E-state index contributed by atoms with van der Waals surface area (Å²) in [5, 5.41) is 0. The van der Waals surface area contributed by atoms with Gasteiger partial charge in [-0.1, -0.05) is 18.6 Å². The standard InChI is InChI=1S/C15H21NO3/c1-19-14(18)8-11-6-5-10-4-2-3-7-16-13(17)9-12(11)15(10)16/h5-6,10-12,15H,2-4,7-9H2,1H3/t10-,11-,12-,15-/m1/s1. The van der Waals surface area contributed by atoms with E-state index < -0.39 is 0 Å². The summed E-state index contributed by atoms with van der Waals surface area (Å²) in [4.78, 5) is 25.8. The van der Waals surface area contributed by atoms with Crippen LogP contribution in [0.1, 0.15) is 32.1 Å². The van der Waals surface area contributed by atoms with Crippen molar-refractivity contribution in [2.75, 3.05) is 13.7 Å². The summed E-state index contributed by atoms with van der Waals surface area (Å²) in [7, 11) is 1.43. The molecule has 2 aliphatic heterocycles. The van der Waals surface area contributed by atoms with Crippen molar-refractivity contribution < 1.29 is 14.3 Å². The predicted octanol–water partition coefficient (Wildman–Crippen LogP) is 1.75. The van der Waals surface area contributed by atoms with E-state index in [2.05, 4.69) is 17.1 Å². The minimum absolute atomic E-state index is 0.167. The van der Waals surface area contributed by atoms with Gasteiger partial charge in [0, 0.05) is 19.0 Å². The highest BCUT2D eigenvalue weighted by Crippen LogP contribution is 2.44. The van der Waals surface area contributed by atoms with Gasteiger partial charge in [-0.2, -0.15) is 0 Å². The fourth-order valence-electron chi connectivity index (χ4n) is 4.03. The van der Waals surface area contributed by atoms with Gasteiger partial charge in [0.25, 0.3) is 0 Å². The molecule has 0 aromatic heterocycles. The number of nitrogens with zero attached hydrogens (tertiary/aromatic N) is 1. The first-order chi connectivity index (χ1) is 9.20. The van der Waals surface area contributed by atoms with Gasteiger partial charge in [-0.3, -0.25) is 9.59 Å². The second-order valence-electron chi connectivity index (χ2n) is 5.93. The quantitative estimate of drug-likeness (QED) is 0.563. The van der Waals surface area contributed by atoms with Crippen LogP contribution in [0.3, 0.4) is 0 Å². The van der Waals surface area contributed by atoms with E-state index in [0.717, 1.165) is 13.0 Å². The van der Waals surface area contributed by atoms with Gasteiger partial charge in [-0.15, -0.1) is 0 Å². The second kappa shape index (κ2) is 4.99. The molecule has 19 heavy (non-hydrogen) atoms. The molecule has 3 aliphatic rings. The van der Waals surface area contributed by atoms with Crippen molar-refractivity contribution in [3.8, 4) is 0 Å². The number of amides is 1. The Labute approximate surface area is 113 Å². The number of ether oxygens (including phenoxy) is 1. The van der Waals surface area contributed by atoms with Crippen LogP contribution in [0.5, 0.6) is 0 Å². The number of carbonyl (C=O) groups excluding carboxylic acids is 2. The maximum Gasteiger partial charge on any atom is 0.306 e. The van der Waals surface area contributed by atoms with E-state index in [1.54, 1.807) is 0 Å². The zero-order valence-electron chi connectivity index (χ0n) is 11.4. The van der Waals surface area contributed by atoms with Crippen LogP contribution in [0, 0.1) is 17.8 Å². The molecule has 0 bridgehead atoms. The highest BCUT2D eigenvalue weighted by molar-refractivity contribution is 5.80. The third-order valence-corrected chi connectivity index (χ3v) is 4.94. The van der Waals surface area contributed by atoms with Crippen LogP contribution in [0.4, 0.5) is 0 Å². The molecule has 0 saturated carbocycles. The average molecular weight is 263 g/mol. The first-order valence-corrected chi connectivity index (χ1v) is 7.25. The molecule has 4 atom stereocenters. The number of carbonyl (C=O) groups is 2. The Balaban J connectivity index is 1.84. The average Bonchev–Trinajstić information content (AvgIpc) is 2.61. The van der Waals surface area contributed by atoms with Crippen molar-refractivity contribution in [1.29, 1.82) is 0 Å². The van der Waals surface area contributed by atoms with Crippen LogP contribution in [0.15, 0.2) is 12.2 Å². The Hall–Kier alpha value is -1.32. The van der Waals surface area contributed by atoms with Crippen molar-refractivity contribution in [2.45, 2.75) is 38.1 Å². The summed E-state index contributed by atoms with van der Waals surface area (Å²) in [5.41, 5.74) is 0. The molecule has 0 spiro atoms. The molecule has 2 saturated heterocycles. The molecule has 3 rings (SSSR count). The van der Waals surface area contributed by atoms with E-state index in [-0.39, 0.29) is 17.8 Å². The topological polar surface area (TPSA) is 46.6 Å². The summed E-state index contributed by atoms with van der Waals surface area (Å²) in [6.45, 7) is 0.898. The third kappa shape index (κ3) is 2.17. The lowest BCUT2D eigenvalue weighted by Crippen LogP contribution is -2.43. The molecular weight excluding hydrogens is 242 g/mol. The molecule has 1 aliphatic carbocycles. The fraction of sp³-hybridized carbons (Fsp3) is 0.733. The normalized spacial score (nSPS) is 36.9. The molecule has 0 N–H and O–H groups in total. The Morgan fingerprint density at radius 3 is 3.05 bits per heavy atom. The van der Waals surface area contributed by atoms with Crippen LogP contribution < -0.4 is 0 Å². The lowest BCUT2D eigenvalue weighted by Gasteiger charge is -2.37. The number of esters is 1. The van der Waals surface area contributed by atoms with Crippen molar-refractivity contribution >= 4 is 11.9 Å². The molecule has 0 radical (unpaired) electrons. The summed E-state index contributed by atoms with van der Waals surface area (Å²) in [6.07, 6.45) is 8.89. The monoisotopic (exact) mass is 263 g/mol. The molecule has 1 amide bonds. The Morgan fingerprint density at radius 2 is 2.26 bits per heavy atom. The number of rotatable bonds is 2. The first kappa shape index (κ1) is 12.7. The molecule has 4 heteroatoms. The van der Waals surface area contributed by atoms with E-state index in [9.17, 15) is 9.59 Å². The van der Waals surface area contributed by atoms with Crippen LogP contribution in [-0.4, -0.2) is 36.5 Å². The van der Waals surface area contributed by atoms with Crippen molar-refractivity contribution in [3.63, 3.8) is 0 Å². The minimum Gasteiger partial charge on any atom is -0.469 e. The second-order valence-corrected chi connectivity index (χ2v) is 5.93. The van der Waals surface area contributed by atoms with Gasteiger partial charge in [0.2, 0.25) is 5.91 Å². The molecule has 104 valence electrons. The molecule has 4 nitrogen and oxygen atoms in total. The fourth-order valence-corrected chi connectivity index (χ4v) is 4.03. The maximum atomic E-state index is 12.2. The maximum absolute atomic E-state index is 12.2. The minimum atomic E-state index is -0.173. The van der Waals surface area contributed by atoms with Crippen LogP contribution in [0.2, 0.25) is 0 Å². The smallest absolute Gasteiger partial charge is 0.306 e.